The molecule has 0 unspecified atom stereocenters. The Morgan fingerprint density at radius 3 is 2.45 bits per heavy atom. The molecule has 0 bridgehead atoms. The molecule has 1 aromatic carbocycles. The minimum atomic E-state index is -0.449. The van der Waals surface area contributed by atoms with E-state index < -0.39 is 5.54 Å². The third-order valence-corrected chi connectivity index (χ3v) is 5.09. The van der Waals surface area contributed by atoms with Crippen LogP contribution in [0.3, 0.4) is 0 Å². The highest BCUT2D eigenvalue weighted by Gasteiger charge is 2.48. The maximum Gasteiger partial charge on any atom is 0.326 e. The van der Waals surface area contributed by atoms with E-state index in [0.717, 1.165) is 57.2 Å². The zero-order valence-electron chi connectivity index (χ0n) is 13.0. The highest BCUT2D eigenvalue weighted by atomic mass is 16.5. The van der Waals surface area contributed by atoms with E-state index >= 15 is 0 Å². The largest absolute Gasteiger partial charge is 0.459 e. The van der Waals surface area contributed by atoms with Crippen molar-refractivity contribution < 1.29 is 14.6 Å². The predicted molar refractivity (Wildman–Crippen MR) is 84.3 cm³/mol. The average Bonchev–Trinajstić information content (AvgIpc) is 3.05. The fourth-order valence-corrected chi connectivity index (χ4v) is 3.76. The topological polar surface area (TPSA) is 49.8 Å². The van der Waals surface area contributed by atoms with Gasteiger partial charge in [0.15, 0.2) is 0 Å². The molecule has 1 aromatic rings. The molecule has 1 heterocycles. The first-order chi connectivity index (χ1) is 10.7. The molecule has 0 atom stereocenters. The number of likely N-dealkylation sites (tertiary alicyclic amines) is 1. The number of aliphatic hydroxyl groups excluding tert-OH is 1. The molecule has 0 radical (unpaired) electrons. The molecule has 2 fully saturated rings. The van der Waals surface area contributed by atoms with Gasteiger partial charge in [0.2, 0.25) is 0 Å². The van der Waals surface area contributed by atoms with E-state index in [1.54, 1.807) is 0 Å². The molecule has 0 amide bonds. The van der Waals surface area contributed by atoms with Crippen molar-refractivity contribution in [2.45, 2.75) is 56.8 Å². The lowest BCUT2D eigenvalue weighted by molar-refractivity contribution is -0.161. The third-order valence-electron chi connectivity index (χ3n) is 5.09. The van der Waals surface area contributed by atoms with Crippen molar-refractivity contribution in [3.63, 3.8) is 0 Å². The summed E-state index contributed by atoms with van der Waals surface area (Å²) in [5.74, 6) is -0.0785. The molecule has 4 heteroatoms. The first-order valence-electron chi connectivity index (χ1n) is 8.35. The van der Waals surface area contributed by atoms with Crippen molar-refractivity contribution >= 4 is 5.97 Å². The maximum absolute atomic E-state index is 12.8. The van der Waals surface area contributed by atoms with Crippen molar-refractivity contribution in [2.75, 3.05) is 13.1 Å². The van der Waals surface area contributed by atoms with Gasteiger partial charge in [0.1, 0.15) is 12.1 Å². The summed E-state index contributed by atoms with van der Waals surface area (Å²) in [6.45, 7) is 1.93. The molecule has 1 aliphatic heterocycles. The number of aliphatic hydroxyl groups is 1. The number of carbonyl (C=O) groups excluding carboxylic acids is 1. The fourth-order valence-electron chi connectivity index (χ4n) is 3.76. The Labute approximate surface area is 132 Å². The number of piperidine rings is 1. The Bertz CT molecular complexity index is 488. The lowest BCUT2D eigenvalue weighted by Crippen LogP contribution is -2.56. The van der Waals surface area contributed by atoms with Gasteiger partial charge in [-0.3, -0.25) is 9.69 Å². The minimum Gasteiger partial charge on any atom is -0.459 e. The van der Waals surface area contributed by atoms with Crippen molar-refractivity contribution in [1.82, 2.24) is 4.90 Å². The number of rotatable bonds is 4. The van der Waals surface area contributed by atoms with Gasteiger partial charge in [-0.15, -0.1) is 0 Å². The molecule has 22 heavy (non-hydrogen) atoms. The summed E-state index contributed by atoms with van der Waals surface area (Å²) < 4.78 is 5.65. The molecule has 1 saturated heterocycles. The van der Waals surface area contributed by atoms with E-state index in [1.807, 2.05) is 30.3 Å². The van der Waals surface area contributed by atoms with Crippen LogP contribution in [0.2, 0.25) is 0 Å². The standard InChI is InChI=1S/C18H25NO3/c20-16-8-12-19(13-9-16)18(10-4-5-11-18)17(21)22-14-15-6-2-1-3-7-15/h1-3,6-7,16,20H,4-5,8-14H2. The molecule has 1 N–H and O–H groups in total. The van der Waals surface area contributed by atoms with E-state index in [1.165, 1.54) is 0 Å². The fraction of sp³-hybridized carbons (Fsp3) is 0.611. The Morgan fingerprint density at radius 2 is 1.82 bits per heavy atom. The Kier molecular flexibility index (Phi) is 4.79. The maximum atomic E-state index is 12.8. The highest BCUT2D eigenvalue weighted by Crippen LogP contribution is 2.38. The summed E-state index contributed by atoms with van der Waals surface area (Å²) in [6.07, 6.45) is 5.24. The van der Waals surface area contributed by atoms with Crippen LogP contribution >= 0.6 is 0 Å². The Hall–Kier alpha value is -1.39. The van der Waals surface area contributed by atoms with Gasteiger partial charge in [0, 0.05) is 13.1 Å². The molecule has 0 aromatic heterocycles. The summed E-state index contributed by atoms with van der Waals surface area (Å²) in [5.41, 5.74) is 0.577. The second-order valence-electron chi connectivity index (χ2n) is 6.52. The van der Waals surface area contributed by atoms with Crippen LogP contribution in [-0.2, 0) is 16.1 Å². The molecule has 2 aliphatic rings. The molecule has 120 valence electrons. The SMILES string of the molecule is O=C(OCc1ccccc1)C1(N2CCC(O)CC2)CCCC1. The van der Waals surface area contributed by atoms with Crippen molar-refractivity contribution in [3.05, 3.63) is 35.9 Å². The monoisotopic (exact) mass is 303 g/mol. The van der Waals surface area contributed by atoms with Gasteiger partial charge in [0.05, 0.1) is 6.10 Å². The summed E-state index contributed by atoms with van der Waals surface area (Å²) in [4.78, 5) is 15.1. The number of hydrogen-bond donors (Lipinski definition) is 1. The van der Waals surface area contributed by atoms with Gasteiger partial charge in [-0.2, -0.15) is 0 Å². The highest BCUT2D eigenvalue weighted by molar-refractivity contribution is 5.81. The molecule has 4 nitrogen and oxygen atoms in total. The second-order valence-corrected chi connectivity index (χ2v) is 6.52. The van der Waals surface area contributed by atoms with Gasteiger partial charge >= 0.3 is 5.97 Å². The average molecular weight is 303 g/mol. The number of hydrogen-bond acceptors (Lipinski definition) is 4. The Balaban J connectivity index is 1.66. The smallest absolute Gasteiger partial charge is 0.326 e. The van der Waals surface area contributed by atoms with Crippen LogP contribution in [0.15, 0.2) is 30.3 Å². The summed E-state index contributed by atoms with van der Waals surface area (Å²) in [6, 6.07) is 9.83. The van der Waals surface area contributed by atoms with E-state index in [0.29, 0.717) is 6.61 Å². The zero-order valence-corrected chi connectivity index (χ0v) is 13.0. The van der Waals surface area contributed by atoms with Gasteiger partial charge in [-0.05, 0) is 31.2 Å². The predicted octanol–water partition coefficient (Wildman–Crippen LogP) is 2.50. The van der Waals surface area contributed by atoms with Gasteiger partial charge in [-0.1, -0.05) is 43.2 Å². The minimum absolute atomic E-state index is 0.0785. The molecular weight excluding hydrogens is 278 g/mol. The Morgan fingerprint density at radius 1 is 1.18 bits per heavy atom. The van der Waals surface area contributed by atoms with E-state index in [-0.39, 0.29) is 12.1 Å². The molecular formula is C18H25NO3. The van der Waals surface area contributed by atoms with Crippen molar-refractivity contribution in [1.29, 1.82) is 0 Å². The number of carbonyl (C=O) groups is 1. The van der Waals surface area contributed by atoms with Crippen LogP contribution in [0.4, 0.5) is 0 Å². The van der Waals surface area contributed by atoms with E-state index in [9.17, 15) is 9.90 Å². The summed E-state index contributed by atoms with van der Waals surface area (Å²) in [7, 11) is 0. The van der Waals surface area contributed by atoms with Gasteiger partial charge < -0.3 is 9.84 Å². The van der Waals surface area contributed by atoms with Crippen LogP contribution in [0.25, 0.3) is 0 Å². The van der Waals surface area contributed by atoms with Gasteiger partial charge in [-0.25, -0.2) is 0 Å². The van der Waals surface area contributed by atoms with E-state index in [2.05, 4.69) is 4.90 Å². The first-order valence-corrected chi connectivity index (χ1v) is 8.35. The second kappa shape index (κ2) is 6.80. The lowest BCUT2D eigenvalue weighted by Gasteiger charge is -2.42. The first kappa shape index (κ1) is 15.5. The molecule has 1 aliphatic carbocycles. The lowest BCUT2D eigenvalue weighted by atomic mass is 9.91. The third kappa shape index (κ3) is 3.18. The number of ether oxygens (including phenoxy) is 1. The number of benzene rings is 1. The molecule has 3 rings (SSSR count). The van der Waals surface area contributed by atoms with Crippen LogP contribution in [0.1, 0.15) is 44.1 Å². The van der Waals surface area contributed by atoms with Crippen molar-refractivity contribution in [2.24, 2.45) is 0 Å². The number of esters is 1. The zero-order chi connectivity index (χ0) is 15.4. The normalized spacial score (nSPS) is 22.6. The van der Waals surface area contributed by atoms with Crippen LogP contribution < -0.4 is 0 Å². The molecule has 1 saturated carbocycles. The van der Waals surface area contributed by atoms with Crippen LogP contribution in [0, 0.1) is 0 Å². The number of nitrogens with zero attached hydrogens (tertiary/aromatic N) is 1. The van der Waals surface area contributed by atoms with Crippen LogP contribution in [0.5, 0.6) is 0 Å². The summed E-state index contributed by atoms with van der Waals surface area (Å²) >= 11 is 0. The van der Waals surface area contributed by atoms with E-state index in [4.69, 9.17) is 4.74 Å². The van der Waals surface area contributed by atoms with Crippen LogP contribution in [-0.4, -0.2) is 40.7 Å². The van der Waals surface area contributed by atoms with Gasteiger partial charge in [0.25, 0.3) is 0 Å². The quantitative estimate of drug-likeness (QED) is 0.868. The van der Waals surface area contributed by atoms with Crippen molar-refractivity contribution in [3.8, 4) is 0 Å². The molecule has 0 spiro atoms. The summed E-state index contributed by atoms with van der Waals surface area (Å²) in [5, 5.41) is 9.70.